The van der Waals surface area contributed by atoms with Gasteiger partial charge in [0.1, 0.15) is 5.54 Å². The SMILES string of the molecule is Cn1cnc(N)c1S(=O)(=O)N1CCNC(=O)C1(C)C. The number of hydrogen-bond acceptors (Lipinski definition) is 5. The predicted octanol–water partition coefficient (Wildman–Crippen LogP) is -1.10. The number of carbonyl (C=O) groups is 1. The fourth-order valence-corrected chi connectivity index (χ4v) is 4.11. The van der Waals surface area contributed by atoms with E-state index < -0.39 is 15.6 Å². The second kappa shape index (κ2) is 4.20. The van der Waals surface area contributed by atoms with Gasteiger partial charge in [0.15, 0.2) is 10.8 Å². The maximum Gasteiger partial charge on any atom is 0.263 e. The van der Waals surface area contributed by atoms with Gasteiger partial charge in [0, 0.05) is 20.1 Å². The lowest BCUT2D eigenvalue weighted by Crippen LogP contribution is -2.63. The Balaban J connectivity index is 2.54. The van der Waals surface area contributed by atoms with Crippen LogP contribution in [0.25, 0.3) is 0 Å². The molecule has 0 radical (unpaired) electrons. The molecule has 3 N–H and O–H groups in total. The summed E-state index contributed by atoms with van der Waals surface area (Å²) < 4.78 is 27.8. The van der Waals surface area contributed by atoms with Crippen LogP contribution in [0.1, 0.15) is 13.8 Å². The van der Waals surface area contributed by atoms with Gasteiger partial charge in [-0.3, -0.25) is 4.79 Å². The second-order valence-electron chi connectivity index (χ2n) is 4.94. The number of anilines is 1. The van der Waals surface area contributed by atoms with Crippen molar-refractivity contribution in [3.63, 3.8) is 0 Å². The molecule has 1 amide bonds. The van der Waals surface area contributed by atoms with Crippen molar-refractivity contribution in [1.82, 2.24) is 19.2 Å². The number of sulfonamides is 1. The molecule has 9 heteroatoms. The van der Waals surface area contributed by atoms with Gasteiger partial charge >= 0.3 is 0 Å². The zero-order valence-electron chi connectivity index (χ0n) is 11.0. The molecule has 0 saturated carbocycles. The average molecular weight is 287 g/mol. The molecule has 1 aliphatic heterocycles. The third-order valence-electron chi connectivity index (χ3n) is 3.22. The van der Waals surface area contributed by atoms with Crippen LogP contribution in [0.3, 0.4) is 0 Å². The molecule has 1 aromatic heterocycles. The molecule has 1 saturated heterocycles. The van der Waals surface area contributed by atoms with Crippen molar-refractivity contribution in [3.05, 3.63) is 6.33 Å². The molecule has 2 heterocycles. The summed E-state index contributed by atoms with van der Waals surface area (Å²) in [4.78, 5) is 15.6. The lowest BCUT2D eigenvalue weighted by molar-refractivity contribution is -0.131. The number of nitrogen functional groups attached to an aromatic ring is 1. The maximum atomic E-state index is 12.7. The van der Waals surface area contributed by atoms with Crippen molar-refractivity contribution in [2.45, 2.75) is 24.4 Å². The minimum atomic E-state index is -3.87. The Kier molecular flexibility index (Phi) is 3.06. The lowest BCUT2D eigenvalue weighted by atomic mass is 10.0. The Hall–Kier alpha value is -1.61. The number of amides is 1. The van der Waals surface area contributed by atoms with Gasteiger partial charge in [-0.15, -0.1) is 0 Å². The Morgan fingerprint density at radius 3 is 2.63 bits per heavy atom. The molecule has 19 heavy (non-hydrogen) atoms. The highest BCUT2D eigenvalue weighted by Gasteiger charge is 2.46. The van der Waals surface area contributed by atoms with Crippen molar-refractivity contribution in [3.8, 4) is 0 Å². The molecule has 0 unspecified atom stereocenters. The van der Waals surface area contributed by atoms with Crippen molar-refractivity contribution in [2.24, 2.45) is 7.05 Å². The number of piperazine rings is 1. The summed E-state index contributed by atoms with van der Waals surface area (Å²) in [6.07, 6.45) is 1.33. The first-order chi connectivity index (χ1) is 8.69. The first-order valence-electron chi connectivity index (χ1n) is 5.77. The number of nitrogens with one attached hydrogen (secondary N) is 1. The predicted molar refractivity (Wildman–Crippen MR) is 68.6 cm³/mol. The van der Waals surface area contributed by atoms with E-state index in [0.717, 1.165) is 4.31 Å². The first-order valence-corrected chi connectivity index (χ1v) is 7.21. The van der Waals surface area contributed by atoms with E-state index in [0.29, 0.717) is 0 Å². The van der Waals surface area contributed by atoms with Gasteiger partial charge in [0.05, 0.1) is 6.33 Å². The number of nitrogens with zero attached hydrogens (tertiary/aromatic N) is 3. The molecule has 0 bridgehead atoms. The molecular weight excluding hydrogens is 270 g/mol. The number of hydrogen-bond donors (Lipinski definition) is 2. The number of nitrogens with two attached hydrogens (primary N) is 1. The minimum Gasteiger partial charge on any atom is -0.381 e. The van der Waals surface area contributed by atoms with Crippen LogP contribution in [-0.2, 0) is 21.9 Å². The normalized spacial score (nSPS) is 20.3. The van der Waals surface area contributed by atoms with Crippen molar-refractivity contribution >= 4 is 21.7 Å². The second-order valence-corrected chi connectivity index (χ2v) is 6.72. The van der Waals surface area contributed by atoms with E-state index in [1.807, 2.05) is 0 Å². The molecule has 1 aromatic rings. The Labute approximate surface area is 111 Å². The highest BCUT2D eigenvalue weighted by atomic mass is 32.2. The molecule has 1 aliphatic rings. The van der Waals surface area contributed by atoms with Crippen LogP contribution in [0.4, 0.5) is 5.82 Å². The van der Waals surface area contributed by atoms with Crippen LogP contribution in [-0.4, -0.2) is 46.8 Å². The van der Waals surface area contributed by atoms with Gasteiger partial charge in [-0.25, -0.2) is 13.4 Å². The number of carbonyl (C=O) groups excluding carboxylic acids is 1. The fourth-order valence-electron chi connectivity index (χ4n) is 2.16. The van der Waals surface area contributed by atoms with Crippen molar-refractivity contribution in [2.75, 3.05) is 18.8 Å². The maximum absolute atomic E-state index is 12.7. The van der Waals surface area contributed by atoms with Crippen LogP contribution >= 0.6 is 0 Å². The van der Waals surface area contributed by atoms with Gasteiger partial charge in [0.2, 0.25) is 5.91 Å². The zero-order chi connectivity index (χ0) is 14.4. The molecule has 2 rings (SSSR count). The van der Waals surface area contributed by atoms with Gasteiger partial charge in [-0.2, -0.15) is 4.31 Å². The van der Waals surface area contributed by atoms with E-state index in [-0.39, 0.29) is 29.8 Å². The van der Waals surface area contributed by atoms with Crippen LogP contribution in [0.15, 0.2) is 11.4 Å². The van der Waals surface area contributed by atoms with Crippen LogP contribution in [0, 0.1) is 0 Å². The van der Waals surface area contributed by atoms with E-state index >= 15 is 0 Å². The molecule has 0 aliphatic carbocycles. The monoisotopic (exact) mass is 287 g/mol. The molecular formula is C10H17N5O3S. The van der Waals surface area contributed by atoms with Gasteiger partial charge in [-0.1, -0.05) is 0 Å². The average Bonchev–Trinajstić information content (AvgIpc) is 2.62. The van der Waals surface area contributed by atoms with Crippen molar-refractivity contribution < 1.29 is 13.2 Å². The lowest BCUT2D eigenvalue weighted by Gasteiger charge is -2.39. The van der Waals surface area contributed by atoms with Crippen LogP contribution in [0.5, 0.6) is 0 Å². The Morgan fingerprint density at radius 2 is 2.11 bits per heavy atom. The van der Waals surface area contributed by atoms with Crippen LogP contribution in [0.2, 0.25) is 0 Å². The van der Waals surface area contributed by atoms with E-state index in [1.165, 1.54) is 10.9 Å². The third-order valence-corrected chi connectivity index (χ3v) is 5.43. The standard InChI is InChI=1S/C10H17N5O3S/c1-10(2)9(16)12-4-5-15(10)19(17,18)8-7(11)13-6-14(8)3/h6H,4-5,11H2,1-3H3,(H,12,16). The van der Waals surface area contributed by atoms with Crippen molar-refractivity contribution in [1.29, 1.82) is 0 Å². The number of rotatable bonds is 2. The molecule has 0 atom stereocenters. The molecule has 106 valence electrons. The summed E-state index contributed by atoms with van der Waals surface area (Å²) in [5.74, 6) is -0.396. The largest absolute Gasteiger partial charge is 0.381 e. The van der Waals surface area contributed by atoms with Gasteiger partial charge in [0.25, 0.3) is 10.0 Å². The molecule has 0 aromatic carbocycles. The van der Waals surface area contributed by atoms with Gasteiger partial charge in [-0.05, 0) is 13.8 Å². The zero-order valence-corrected chi connectivity index (χ0v) is 11.9. The molecule has 1 fully saturated rings. The van der Waals surface area contributed by atoms with E-state index in [1.54, 1.807) is 20.9 Å². The summed E-state index contributed by atoms with van der Waals surface area (Å²) in [5, 5.41) is 2.56. The van der Waals surface area contributed by atoms with Gasteiger partial charge < -0.3 is 15.6 Å². The highest BCUT2D eigenvalue weighted by Crippen LogP contribution is 2.28. The van der Waals surface area contributed by atoms with E-state index in [9.17, 15) is 13.2 Å². The number of imidazole rings is 1. The molecule has 8 nitrogen and oxygen atoms in total. The Morgan fingerprint density at radius 1 is 1.47 bits per heavy atom. The summed E-state index contributed by atoms with van der Waals surface area (Å²) >= 11 is 0. The summed E-state index contributed by atoms with van der Waals surface area (Å²) in [5.41, 5.74) is 4.46. The topological polar surface area (TPSA) is 110 Å². The summed E-state index contributed by atoms with van der Waals surface area (Å²) in [7, 11) is -2.32. The quantitative estimate of drug-likeness (QED) is 0.717. The number of aromatic nitrogens is 2. The number of aryl methyl sites for hydroxylation is 1. The fraction of sp³-hybridized carbons (Fsp3) is 0.600. The Bertz CT molecular complexity index is 600. The van der Waals surface area contributed by atoms with Crippen LogP contribution < -0.4 is 11.1 Å². The van der Waals surface area contributed by atoms with E-state index in [4.69, 9.17) is 5.73 Å². The smallest absolute Gasteiger partial charge is 0.263 e. The summed E-state index contributed by atoms with van der Waals surface area (Å²) in [6, 6.07) is 0. The molecule has 0 spiro atoms. The first kappa shape index (κ1) is 13.8. The third kappa shape index (κ3) is 1.98. The summed E-state index contributed by atoms with van der Waals surface area (Å²) in [6.45, 7) is 3.60. The van der Waals surface area contributed by atoms with E-state index in [2.05, 4.69) is 10.3 Å². The minimum absolute atomic E-state index is 0.0655. The highest BCUT2D eigenvalue weighted by molar-refractivity contribution is 7.89.